The summed E-state index contributed by atoms with van der Waals surface area (Å²) in [6.45, 7) is 1.91. The minimum atomic E-state index is -0.632. The summed E-state index contributed by atoms with van der Waals surface area (Å²) in [5, 5.41) is 8.68. The molecule has 0 unspecified atom stereocenters. The van der Waals surface area contributed by atoms with Gasteiger partial charge < -0.3 is 4.74 Å². The van der Waals surface area contributed by atoms with Gasteiger partial charge in [-0.1, -0.05) is 47.5 Å². The van der Waals surface area contributed by atoms with Crippen LogP contribution in [0.1, 0.15) is 6.92 Å². The lowest BCUT2D eigenvalue weighted by Gasteiger charge is -1.96. The van der Waals surface area contributed by atoms with E-state index in [4.69, 9.17) is 28.5 Å². The standard InChI is InChI=1S/C12H11Cl2NO2/c1-2-17-12(16)10(9-15)7-5-3-4-6-8-11(13)14/h3-8H,2H2,1H3/b5-3+,6-4+,10-7+. The maximum atomic E-state index is 11.2. The number of rotatable bonds is 5. The van der Waals surface area contributed by atoms with Crippen LogP contribution in [0, 0.1) is 11.3 Å². The van der Waals surface area contributed by atoms with Crippen molar-refractivity contribution in [2.75, 3.05) is 6.61 Å². The minimum absolute atomic E-state index is 0.0533. The lowest BCUT2D eigenvalue weighted by Crippen LogP contribution is -2.05. The van der Waals surface area contributed by atoms with Crippen molar-refractivity contribution < 1.29 is 9.53 Å². The highest BCUT2D eigenvalue weighted by atomic mass is 35.5. The van der Waals surface area contributed by atoms with E-state index in [1.165, 1.54) is 12.2 Å². The Bertz CT molecular complexity index is 411. The highest BCUT2D eigenvalue weighted by molar-refractivity contribution is 6.55. The molecule has 0 saturated heterocycles. The van der Waals surface area contributed by atoms with Crippen molar-refractivity contribution in [3.63, 3.8) is 0 Å². The lowest BCUT2D eigenvalue weighted by molar-refractivity contribution is -0.138. The molecule has 0 amide bonds. The molecule has 0 aromatic heterocycles. The highest BCUT2D eigenvalue weighted by Crippen LogP contribution is 2.05. The average Bonchev–Trinajstić information content (AvgIpc) is 2.28. The van der Waals surface area contributed by atoms with Crippen LogP contribution in [-0.2, 0) is 9.53 Å². The van der Waals surface area contributed by atoms with Gasteiger partial charge in [0.25, 0.3) is 0 Å². The van der Waals surface area contributed by atoms with Crippen LogP contribution < -0.4 is 0 Å². The van der Waals surface area contributed by atoms with E-state index < -0.39 is 5.97 Å². The van der Waals surface area contributed by atoms with E-state index in [1.54, 1.807) is 37.3 Å². The zero-order chi connectivity index (χ0) is 13.1. The first-order chi connectivity index (χ1) is 8.11. The fourth-order valence-corrected chi connectivity index (χ4v) is 0.914. The van der Waals surface area contributed by atoms with Crippen LogP contribution in [0.3, 0.4) is 0 Å². The molecule has 0 fully saturated rings. The first-order valence-corrected chi connectivity index (χ1v) is 5.51. The summed E-state index contributed by atoms with van der Waals surface area (Å²) in [5.41, 5.74) is -0.0533. The van der Waals surface area contributed by atoms with Gasteiger partial charge >= 0.3 is 5.97 Å². The number of ether oxygens (including phenoxy) is 1. The SMILES string of the molecule is CCOC(=O)/C(C#N)=C/C=C/C=C/C=C(Cl)Cl. The van der Waals surface area contributed by atoms with Crippen molar-refractivity contribution in [3.8, 4) is 6.07 Å². The van der Waals surface area contributed by atoms with Gasteiger partial charge in [-0.2, -0.15) is 5.26 Å². The molecule has 17 heavy (non-hydrogen) atoms. The molecule has 0 aliphatic carbocycles. The van der Waals surface area contributed by atoms with E-state index in [-0.39, 0.29) is 16.7 Å². The van der Waals surface area contributed by atoms with Crippen molar-refractivity contribution >= 4 is 29.2 Å². The molecule has 0 spiro atoms. The quantitative estimate of drug-likeness (QED) is 0.333. The zero-order valence-electron chi connectivity index (χ0n) is 9.19. The smallest absolute Gasteiger partial charge is 0.348 e. The third kappa shape index (κ3) is 8.32. The van der Waals surface area contributed by atoms with Gasteiger partial charge in [0.1, 0.15) is 16.1 Å². The van der Waals surface area contributed by atoms with E-state index in [1.807, 2.05) is 0 Å². The molecule has 0 aromatic carbocycles. The second-order valence-corrected chi connectivity index (χ2v) is 3.65. The van der Waals surface area contributed by atoms with Crippen LogP contribution in [0.25, 0.3) is 0 Å². The van der Waals surface area contributed by atoms with Gasteiger partial charge in [0, 0.05) is 0 Å². The van der Waals surface area contributed by atoms with Crippen molar-refractivity contribution in [2.45, 2.75) is 6.92 Å². The number of nitriles is 1. The molecule has 0 aromatic rings. The molecule has 0 N–H and O–H groups in total. The average molecular weight is 272 g/mol. The number of carbonyl (C=O) groups is 1. The largest absolute Gasteiger partial charge is 0.462 e. The molecule has 0 bridgehead atoms. The third-order valence-corrected chi connectivity index (χ3v) is 1.69. The predicted octanol–water partition coefficient (Wildman–Crippen LogP) is 3.43. The van der Waals surface area contributed by atoms with Gasteiger partial charge in [-0.15, -0.1) is 0 Å². The number of allylic oxidation sites excluding steroid dienone is 6. The van der Waals surface area contributed by atoms with Gasteiger partial charge in [0.2, 0.25) is 0 Å². The number of halogens is 2. The van der Waals surface area contributed by atoms with Crippen LogP contribution in [-0.4, -0.2) is 12.6 Å². The fourth-order valence-electron chi connectivity index (χ4n) is 0.768. The summed E-state index contributed by atoms with van der Waals surface area (Å²) in [6.07, 6.45) is 9.31. The van der Waals surface area contributed by atoms with E-state index in [2.05, 4.69) is 4.74 Å². The van der Waals surface area contributed by atoms with E-state index in [9.17, 15) is 4.79 Å². The Morgan fingerprint density at radius 3 is 2.29 bits per heavy atom. The molecule has 0 saturated carbocycles. The van der Waals surface area contributed by atoms with Crippen molar-refractivity contribution in [3.05, 3.63) is 46.5 Å². The number of hydrogen-bond donors (Lipinski definition) is 0. The topological polar surface area (TPSA) is 50.1 Å². The fraction of sp³-hybridized carbons (Fsp3) is 0.167. The molecule has 3 nitrogen and oxygen atoms in total. The van der Waals surface area contributed by atoms with Crippen molar-refractivity contribution in [1.29, 1.82) is 5.26 Å². The Labute approximate surface area is 110 Å². The Morgan fingerprint density at radius 2 is 1.82 bits per heavy atom. The number of esters is 1. The molecule has 0 aliphatic heterocycles. The normalized spacial score (nSPS) is 11.5. The molecule has 0 rings (SSSR count). The van der Waals surface area contributed by atoms with Crippen LogP contribution in [0.5, 0.6) is 0 Å². The van der Waals surface area contributed by atoms with E-state index in [0.29, 0.717) is 0 Å². The van der Waals surface area contributed by atoms with Gasteiger partial charge in [0.05, 0.1) is 6.61 Å². The van der Waals surface area contributed by atoms with Crippen LogP contribution >= 0.6 is 23.2 Å². The summed E-state index contributed by atoms with van der Waals surface area (Å²) < 4.78 is 4.83. The van der Waals surface area contributed by atoms with Gasteiger partial charge in [0.15, 0.2) is 0 Å². The first-order valence-electron chi connectivity index (χ1n) is 4.75. The summed E-state index contributed by atoms with van der Waals surface area (Å²) in [6, 6.07) is 1.75. The van der Waals surface area contributed by atoms with Crippen LogP contribution in [0.2, 0.25) is 0 Å². The summed E-state index contributed by atoms with van der Waals surface area (Å²) in [5.74, 6) is -0.632. The molecule has 90 valence electrons. The van der Waals surface area contributed by atoms with Gasteiger partial charge in [-0.25, -0.2) is 4.79 Å². The summed E-state index contributed by atoms with van der Waals surface area (Å²) in [7, 11) is 0. The van der Waals surface area contributed by atoms with Gasteiger partial charge in [-0.3, -0.25) is 0 Å². The molecule has 5 heteroatoms. The highest BCUT2D eigenvalue weighted by Gasteiger charge is 2.07. The molecule has 0 atom stereocenters. The van der Waals surface area contributed by atoms with E-state index in [0.717, 1.165) is 0 Å². The Morgan fingerprint density at radius 1 is 1.24 bits per heavy atom. The monoisotopic (exact) mass is 271 g/mol. The number of hydrogen-bond acceptors (Lipinski definition) is 3. The maximum Gasteiger partial charge on any atom is 0.348 e. The van der Waals surface area contributed by atoms with Crippen LogP contribution in [0.15, 0.2) is 46.5 Å². The third-order valence-electron chi connectivity index (χ3n) is 1.43. The molecule has 0 radical (unpaired) electrons. The van der Waals surface area contributed by atoms with Crippen LogP contribution in [0.4, 0.5) is 0 Å². The Hall–Kier alpha value is -1.50. The second kappa shape index (κ2) is 9.71. The number of carbonyl (C=O) groups excluding carboxylic acids is 1. The van der Waals surface area contributed by atoms with Crippen molar-refractivity contribution in [1.82, 2.24) is 0 Å². The molecule has 0 aliphatic rings. The zero-order valence-corrected chi connectivity index (χ0v) is 10.7. The lowest BCUT2D eigenvalue weighted by atomic mass is 10.2. The van der Waals surface area contributed by atoms with E-state index >= 15 is 0 Å². The summed E-state index contributed by atoms with van der Waals surface area (Å²) in [4.78, 5) is 11.2. The predicted molar refractivity (Wildman–Crippen MR) is 68.4 cm³/mol. The first kappa shape index (κ1) is 15.5. The molecular weight excluding hydrogens is 261 g/mol. The second-order valence-electron chi connectivity index (χ2n) is 2.64. The number of nitrogens with zero attached hydrogens (tertiary/aromatic N) is 1. The van der Waals surface area contributed by atoms with Crippen molar-refractivity contribution in [2.24, 2.45) is 0 Å². The minimum Gasteiger partial charge on any atom is -0.462 e. The summed E-state index contributed by atoms with van der Waals surface area (Å²) >= 11 is 10.7. The molecular formula is C12H11Cl2NO2. The Kier molecular flexibility index (Phi) is 8.85. The van der Waals surface area contributed by atoms with Gasteiger partial charge in [-0.05, 0) is 19.1 Å². The molecule has 0 heterocycles. The maximum absolute atomic E-state index is 11.2. The Balaban J connectivity index is 4.43.